The summed E-state index contributed by atoms with van der Waals surface area (Å²) in [6, 6.07) is 3.50. The molecule has 2 aliphatic carbocycles. The van der Waals surface area contributed by atoms with Crippen LogP contribution in [0.5, 0.6) is 0 Å². The standard InChI is InChI=1S/C24H30ClF3N2O3/c1-15(24(26,27)28)19(30-11-9-22(7-8-22)10-12-30)20(31)29-18-13-16(3-4-17(18)25)14-23(21(32)33)5-2-6-23/h3-4,13,15,19H,2,5-12,14H2,1H3,(H,29,31)(H,32,33)/t15-,19-/m1/s1. The summed E-state index contributed by atoms with van der Waals surface area (Å²) in [5.41, 5.74) is 0.354. The maximum absolute atomic E-state index is 13.7. The normalized spacial score (nSPS) is 23.4. The Morgan fingerprint density at radius 2 is 1.79 bits per heavy atom. The number of alkyl halides is 3. The first kappa shape index (κ1) is 24.3. The minimum Gasteiger partial charge on any atom is -0.481 e. The first-order valence-corrected chi connectivity index (χ1v) is 12.0. The van der Waals surface area contributed by atoms with Crippen molar-refractivity contribution in [1.29, 1.82) is 0 Å². The maximum Gasteiger partial charge on any atom is 0.393 e. The number of hydrogen-bond acceptors (Lipinski definition) is 3. The van der Waals surface area contributed by atoms with E-state index in [-0.39, 0.29) is 16.1 Å². The zero-order valence-corrected chi connectivity index (χ0v) is 19.4. The van der Waals surface area contributed by atoms with E-state index in [0.717, 1.165) is 39.0 Å². The molecule has 1 amide bonds. The summed E-state index contributed by atoms with van der Waals surface area (Å²) in [7, 11) is 0. The quantitative estimate of drug-likeness (QED) is 0.532. The second-order valence-corrected chi connectivity index (χ2v) is 10.6. The minimum absolute atomic E-state index is 0.207. The van der Waals surface area contributed by atoms with Crippen molar-refractivity contribution in [2.45, 2.75) is 70.5 Å². The molecule has 2 atom stereocenters. The van der Waals surface area contributed by atoms with E-state index in [2.05, 4.69) is 5.32 Å². The number of halogens is 4. The molecule has 1 aliphatic heterocycles. The number of nitrogens with one attached hydrogen (secondary N) is 1. The molecule has 1 heterocycles. The molecule has 1 aromatic rings. The average molecular weight is 487 g/mol. The van der Waals surface area contributed by atoms with Crippen LogP contribution in [0.3, 0.4) is 0 Å². The van der Waals surface area contributed by atoms with Gasteiger partial charge < -0.3 is 10.4 Å². The number of rotatable bonds is 7. The van der Waals surface area contributed by atoms with Gasteiger partial charge in [-0.25, -0.2) is 0 Å². The molecule has 3 fully saturated rings. The van der Waals surface area contributed by atoms with Crippen molar-refractivity contribution < 1.29 is 27.9 Å². The van der Waals surface area contributed by atoms with E-state index in [4.69, 9.17) is 11.6 Å². The van der Waals surface area contributed by atoms with Crippen LogP contribution in [-0.4, -0.2) is 47.2 Å². The highest BCUT2D eigenvalue weighted by atomic mass is 35.5. The molecule has 182 valence electrons. The second-order valence-electron chi connectivity index (χ2n) is 10.2. The number of nitrogens with zero attached hydrogens (tertiary/aromatic N) is 1. The lowest BCUT2D eigenvalue weighted by molar-refractivity contribution is -0.189. The molecule has 1 spiro atoms. The molecule has 33 heavy (non-hydrogen) atoms. The van der Waals surface area contributed by atoms with Crippen LogP contribution in [0.2, 0.25) is 5.02 Å². The molecule has 0 unspecified atom stereocenters. The number of benzene rings is 1. The van der Waals surface area contributed by atoms with Gasteiger partial charge in [-0.05, 0) is 81.1 Å². The summed E-state index contributed by atoms with van der Waals surface area (Å²) in [4.78, 5) is 26.6. The van der Waals surface area contributed by atoms with Crippen LogP contribution >= 0.6 is 11.6 Å². The Balaban J connectivity index is 1.52. The fourth-order valence-corrected chi connectivity index (χ4v) is 5.45. The molecule has 5 nitrogen and oxygen atoms in total. The van der Waals surface area contributed by atoms with Gasteiger partial charge >= 0.3 is 12.1 Å². The van der Waals surface area contributed by atoms with Crippen LogP contribution in [0.15, 0.2) is 18.2 Å². The summed E-state index contributed by atoms with van der Waals surface area (Å²) < 4.78 is 41.0. The van der Waals surface area contributed by atoms with Crippen molar-refractivity contribution in [3.63, 3.8) is 0 Å². The van der Waals surface area contributed by atoms with E-state index in [1.54, 1.807) is 23.1 Å². The van der Waals surface area contributed by atoms with Crippen molar-refractivity contribution in [3.8, 4) is 0 Å². The van der Waals surface area contributed by atoms with Crippen LogP contribution in [-0.2, 0) is 16.0 Å². The van der Waals surface area contributed by atoms with Gasteiger partial charge in [0.05, 0.1) is 22.0 Å². The van der Waals surface area contributed by atoms with Crippen LogP contribution < -0.4 is 5.32 Å². The Hall–Kier alpha value is -1.80. The number of carbonyl (C=O) groups is 2. The number of anilines is 1. The highest BCUT2D eigenvalue weighted by Crippen LogP contribution is 2.54. The monoisotopic (exact) mass is 486 g/mol. The van der Waals surface area contributed by atoms with Gasteiger partial charge in [0, 0.05) is 0 Å². The third kappa shape index (κ3) is 5.02. The molecule has 3 aliphatic rings. The smallest absolute Gasteiger partial charge is 0.393 e. The summed E-state index contributed by atoms with van der Waals surface area (Å²) >= 11 is 6.26. The summed E-state index contributed by atoms with van der Waals surface area (Å²) in [5.74, 6) is -3.42. The molecule has 9 heteroatoms. The summed E-state index contributed by atoms with van der Waals surface area (Å²) in [6.45, 7) is 1.98. The summed E-state index contributed by atoms with van der Waals surface area (Å²) in [6.07, 6.45) is 1.64. The number of amides is 1. The molecule has 2 saturated carbocycles. The number of carboxylic acid groups (broad SMARTS) is 1. The van der Waals surface area contributed by atoms with Gasteiger partial charge in [0.25, 0.3) is 0 Å². The molecular formula is C24H30ClF3N2O3. The van der Waals surface area contributed by atoms with Gasteiger partial charge in [-0.3, -0.25) is 14.5 Å². The number of likely N-dealkylation sites (tertiary alicyclic amines) is 1. The number of aliphatic carboxylic acids is 1. The lowest BCUT2D eigenvalue weighted by atomic mass is 9.65. The Morgan fingerprint density at radius 1 is 1.15 bits per heavy atom. The molecular weight excluding hydrogens is 457 g/mol. The largest absolute Gasteiger partial charge is 0.481 e. The topological polar surface area (TPSA) is 69.6 Å². The van der Waals surface area contributed by atoms with Crippen LogP contribution in [0, 0.1) is 16.7 Å². The number of carbonyl (C=O) groups excluding carboxylic acids is 1. The highest BCUT2D eigenvalue weighted by Gasteiger charge is 2.51. The zero-order chi connectivity index (χ0) is 24.0. The molecule has 1 aromatic carbocycles. The molecule has 0 aromatic heterocycles. The second kappa shape index (κ2) is 8.77. The maximum atomic E-state index is 13.7. The Kier molecular flexibility index (Phi) is 6.46. The minimum atomic E-state index is -4.51. The number of piperidine rings is 1. The Bertz CT molecular complexity index is 918. The fraction of sp³-hybridized carbons (Fsp3) is 0.667. The molecule has 1 saturated heterocycles. The predicted molar refractivity (Wildman–Crippen MR) is 119 cm³/mol. The van der Waals surface area contributed by atoms with E-state index < -0.39 is 35.4 Å². The molecule has 4 rings (SSSR count). The van der Waals surface area contributed by atoms with Crippen molar-refractivity contribution in [3.05, 3.63) is 28.8 Å². The van der Waals surface area contributed by atoms with E-state index in [1.165, 1.54) is 0 Å². The van der Waals surface area contributed by atoms with E-state index in [9.17, 15) is 27.9 Å². The Morgan fingerprint density at radius 3 is 2.27 bits per heavy atom. The third-order valence-electron chi connectivity index (χ3n) is 8.06. The third-order valence-corrected chi connectivity index (χ3v) is 8.39. The van der Waals surface area contributed by atoms with Crippen molar-refractivity contribution >= 4 is 29.2 Å². The van der Waals surface area contributed by atoms with Gasteiger partial charge in [0.2, 0.25) is 5.91 Å². The van der Waals surface area contributed by atoms with Gasteiger partial charge in [-0.1, -0.05) is 31.0 Å². The van der Waals surface area contributed by atoms with Crippen LogP contribution in [0.1, 0.15) is 57.4 Å². The first-order valence-electron chi connectivity index (χ1n) is 11.6. The van der Waals surface area contributed by atoms with Crippen LogP contribution in [0.25, 0.3) is 0 Å². The average Bonchev–Trinajstić information content (AvgIpc) is 3.46. The lowest BCUT2D eigenvalue weighted by Gasteiger charge is -2.40. The van der Waals surface area contributed by atoms with Gasteiger partial charge in [0.15, 0.2) is 0 Å². The predicted octanol–water partition coefficient (Wildman–Crippen LogP) is 5.52. The van der Waals surface area contributed by atoms with Crippen molar-refractivity contribution in [1.82, 2.24) is 4.90 Å². The van der Waals surface area contributed by atoms with Crippen molar-refractivity contribution in [2.24, 2.45) is 16.7 Å². The van der Waals surface area contributed by atoms with Crippen LogP contribution in [0.4, 0.5) is 18.9 Å². The molecule has 0 radical (unpaired) electrons. The first-order chi connectivity index (χ1) is 15.4. The van der Waals surface area contributed by atoms with E-state index >= 15 is 0 Å². The SMILES string of the molecule is C[C@H]([C@H](C(=O)Nc1cc(CC2(C(=O)O)CCC2)ccc1Cl)N1CCC2(CC1)CC2)C(F)(F)F. The number of carboxylic acids is 1. The van der Waals surface area contributed by atoms with E-state index in [0.29, 0.717) is 37.9 Å². The van der Waals surface area contributed by atoms with Gasteiger partial charge in [-0.2, -0.15) is 13.2 Å². The van der Waals surface area contributed by atoms with Gasteiger partial charge in [0.1, 0.15) is 6.04 Å². The van der Waals surface area contributed by atoms with Crippen molar-refractivity contribution in [2.75, 3.05) is 18.4 Å². The highest BCUT2D eigenvalue weighted by molar-refractivity contribution is 6.33. The molecule has 0 bridgehead atoms. The number of hydrogen-bond donors (Lipinski definition) is 2. The lowest BCUT2D eigenvalue weighted by Crippen LogP contribution is -2.54. The van der Waals surface area contributed by atoms with Gasteiger partial charge in [-0.15, -0.1) is 0 Å². The fourth-order valence-electron chi connectivity index (χ4n) is 5.29. The van der Waals surface area contributed by atoms with E-state index in [1.807, 2.05) is 0 Å². The molecule has 2 N–H and O–H groups in total. The Labute approximate surface area is 196 Å². The zero-order valence-electron chi connectivity index (χ0n) is 18.7. The summed E-state index contributed by atoms with van der Waals surface area (Å²) in [5, 5.41) is 12.4.